The van der Waals surface area contributed by atoms with Crippen LogP contribution in [0.2, 0.25) is 0 Å². The lowest BCUT2D eigenvalue weighted by Gasteiger charge is -2.31. The molecule has 2 rings (SSSR count). The number of aryl methyl sites for hydroxylation is 1. The van der Waals surface area contributed by atoms with Gasteiger partial charge in [-0.05, 0) is 31.0 Å². The molecule has 0 spiro atoms. The molecule has 1 heterocycles. The number of carbonyl (C=O) groups excluding carboxylic acids is 2. The number of rotatable bonds is 2. The number of nitrogens with zero attached hydrogens (tertiary/aromatic N) is 1. The SMILES string of the molecule is CCC1CN(C(=O)c2cc(Br)ccc2C)CCC1=O. The fraction of sp³-hybridized carbons (Fsp3) is 0.467. The number of Topliss-reactive ketones (excluding diaryl/α,β-unsaturated/α-hetero) is 1. The summed E-state index contributed by atoms with van der Waals surface area (Å²) in [5.41, 5.74) is 1.69. The number of amides is 1. The van der Waals surface area contributed by atoms with E-state index >= 15 is 0 Å². The maximum Gasteiger partial charge on any atom is 0.254 e. The fourth-order valence-corrected chi connectivity index (χ4v) is 2.81. The Balaban J connectivity index is 2.20. The maximum absolute atomic E-state index is 12.5. The average Bonchev–Trinajstić information content (AvgIpc) is 2.41. The number of hydrogen-bond donors (Lipinski definition) is 0. The maximum atomic E-state index is 12.5. The summed E-state index contributed by atoms with van der Waals surface area (Å²) in [6.45, 7) is 5.03. The molecule has 1 fully saturated rings. The third-order valence-electron chi connectivity index (χ3n) is 3.73. The number of carbonyl (C=O) groups is 2. The molecule has 0 aliphatic carbocycles. The van der Waals surface area contributed by atoms with Crippen LogP contribution in [-0.2, 0) is 4.79 Å². The third-order valence-corrected chi connectivity index (χ3v) is 4.23. The zero-order chi connectivity index (χ0) is 14.0. The van der Waals surface area contributed by atoms with Crippen LogP contribution in [-0.4, -0.2) is 29.7 Å². The summed E-state index contributed by atoms with van der Waals surface area (Å²) >= 11 is 3.40. The van der Waals surface area contributed by atoms with Gasteiger partial charge in [0.15, 0.2) is 0 Å². The Morgan fingerprint density at radius 1 is 1.47 bits per heavy atom. The lowest BCUT2D eigenvalue weighted by atomic mass is 9.93. The van der Waals surface area contributed by atoms with Gasteiger partial charge < -0.3 is 4.90 Å². The molecule has 0 N–H and O–H groups in total. The van der Waals surface area contributed by atoms with Crippen molar-refractivity contribution >= 4 is 27.6 Å². The molecule has 0 aromatic heterocycles. The van der Waals surface area contributed by atoms with Crippen LogP contribution in [0.5, 0.6) is 0 Å². The predicted octanol–water partition coefficient (Wildman–Crippen LogP) is 3.20. The zero-order valence-electron chi connectivity index (χ0n) is 11.3. The van der Waals surface area contributed by atoms with Gasteiger partial charge in [0.2, 0.25) is 0 Å². The van der Waals surface area contributed by atoms with Gasteiger partial charge in [0.25, 0.3) is 5.91 Å². The van der Waals surface area contributed by atoms with E-state index in [2.05, 4.69) is 15.9 Å². The Kier molecular flexibility index (Phi) is 4.40. The summed E-state index contributed by atoms with van der Waals surface area (Å²) < 4.78 is 0.904. The Labute approximate surface area is 122 Å². The second-order valence-corrected chi connectivity index (χ2v) is 5.95. The van der Waals surface area contributed by atoms with Gasteiger partial charge in [0.05, 0.1) is 0 Å². The van der Waals surface area contributed by atoms with Gasteiger partial charge in [-0.25, -0.2) is 0 Å². The number of halogens is 1. The van der Waals surface area contributed by atoms with Crippen molar-refractivity contribution in [1.29, 1.82) is 0 Å². The van der Waals surface area contributed by atoms with Crippen molar-refractivity contribution in [3.63, 3.8) is 0 Å². The highest BCUT2D eigenvalue weighted by atomic mass is 79.9. The quantitative estimate of drug-likeness (QED) is 0.838. The molecule has 1 unspecified atom stereocenters. The van der Waals surface area contributed by atoms with Crippen molar-refractivity contribution in [1.82, 2.24) is 4.90 Å². The standard InChI is InChI=1S/C15H18BrNO2/c1-3-11-9-17(7-6-14(11)18)15(19)13-8-12(16)5-4-10(13)2/h4-5,8,11H,3,6-7,9H2,1-2H3. The number of benzene rings is 1. The second-order valence-electron chi connectivity index (χ2n) is 5.03. The van der Waals surface area contributed by atoms with Gasteiger partial charge in [0.1, 0.15) is 5.78 Å². The summed E-state index contributed by atoms with van der Waals surface area (Å²) in [7, 11) is 0. The van der Waals surface area contributed by atoms with Crippen molar-refractivity contribution in [2.75, 3.05) is 13.1 Å². The minimum absolute atomic E-state index is 0.00478. The molecule has 1 aromatic carbocycles. The molecule has 0 radical (unpaired) electrons. The molecule has 0 bridgehead atoms. The summed E-state index contributed by atoms with van der Waals surface area (Å²) in [6, 6.07) is 5.72. The molecule has 0 saturated carbocycles. The smallest absolute Gasteiger partial charge is 0.254 e. The van der Waals surface area contributed by atoms with Gasteiger partial charge in [-0.2, -0.15) is 0 Å². The second kappa shape index (κ2) is 5.87. The van der Waals surface area contributed by atoms with Gasteiger partial charge in [-0.1, -0.05) is 28.9 Å². The first-order chi connectivity index (χ1) is 9.02. The van der Waals surface area contributed by atoms with Crippen molar-refractivity contribution in [3.05, 3.63) is 33.8 Å². The minimum Gasteiger partial charge on any atom is -0.337 e. The molecule has 1 aromatic rings. The van der Waals surface area contributed by atoms with Gasteiger partial charge in [-0.3, -0.25) is 9.59 Å². The summed E-state index contributed by atoms with van der Waals surface area (Å²) in [5, 5.41) is 0. The molecule has 1 aliphatic rings. The van der Waals surface area contributed by atoms with Crippen LogP contribution < -0.4 is 0 Å². The van der Waals surface area contributed by atoms with Gasteiger partial charge in [0, 0.05) is 35.5 Å². The van der Waals surface area contributed by atoms with Gasteiger partial charge >= 0.3 is 0 Å². The molecular formula is C15H18BrNO2. The molecule has 1 atom stereocenters. The number of ketones is 1. The molecule has 4 heteroatoms. The Morgan fingerprint density at radius 2 is 2.21 bits per heavy atom. The molecule has 19 heavy (non-hydrogen) atoms. The third kappa shape index (κ3) is 3.06. The van der Waals surface area contributed by atoms with E-state index in [0.29, 0.717) is 19.5 Å². The lowest BCUT2D eigenvalue weighted by Crippen LogP contribution is -2.44. The van der Waals surface area contributed by atoms with E-state index in [0.717, 1.165) is 22.0 Å². The van der Waals surface area contributed by atoms with Crippen LogP contribution in [0.15, 0.2) is 22.7 Å². The largest absolute Gasteiger partial charge is 0.337 e. The van der Waals surface area contributed by atoms with Crippen molar-refractivity contribution in [3.8, 4) is 0 Å². The van der Waals surface area contributed by atoms with E-state index in [4.69, 9.17) is 0 Å². The van der Waals surface area contributed by atoms with E-state index in [1.165, 1.54) is 0 Å². The Hall–Kier alpha value is -1.16. The highest BCUT2D eigenvalue weighted by Gasteiger charge is 2.29. The van der Waals surface area contributed by atoms with E-state index in [1.807, 2.05) is 36.9 Å². The predicted molar refractivity (Wildman–Crippen MR) is 78.2 cm³/mol. The first-order valence-corrected chi connectivity index (χ1v) is 7.40. The molecule has 1 aliphatic heterocycles. The van der Waals surface area contributed by atoms with Crippen LogP contribution in [0.1, 0.15) is 35.7 Å². The van der Waals surface area contributed by atoms with Crippen LogP contribution in [0.4, 0.5) is 0 Å². The molecule has 3 nitrogen and oxygen atoms in total. The van der Waals surface area contributed by atoms with Crippen molar-refractivity contribution in [2.45, 2.75) is 26.7 Å². The first kappa shape index (κ1) is 14.3. The Morgan fingerprint density at radius 3 is 2.89 bits per heavy atom. The van der Waals surface area contributed by atoms with Gasteiger partial charge in [-0.15, -0.1) is 0 Å². The number of likely N-dealkylation sites (tertiary alicyclic amines) is 1. The van der Waals surface area contributed by atoms with Crippen LogP contribution >= 0.6 is 15.9 Å². The topological polar surface area (TPSA) is 37.4 Å². The highest BCUT2D eigenvalue weighted by molar-refractivity contribution is 9.10. The summed E-state index contributed by atoms with van der Waals surface area (Å²) in [4.78, 5) is 26.1. The van der Waals surface area contributed by atoms with E-state index in [1.54, 1.807) is 0 Å². The zero-order valence-corrected chi connectivity index (χ0v) is 12.9. The van der Waals surface area contributed by atoms with Crippen molar-refractivity contribution < 1.29 is 9.59 Å². The van der Waals surface area contributed by atoms with E-state index in [-0.39, 0.29) is 17.6 Å². The van der Waals surface area contributed by atoms with E-state index in [9.17, 15) is 9.59 Å². The van der Waals surface area contributed by atoms with Crippen LogP contribution in [0, 0.1) is 12.8 Å². The number of piperidine rings is 1. The monoisotopic (exact) mass is 323 g/mol. The highest BCUT2D eigenvalue weighted by Crippen LogP contribution is 2.22. The molecule has 1 saturated heterocycles. The van der Waals surface area contributed by atoms with Crippen molar-refractivity contribution in [2.24, 2.45) is 5.92 Å². The summed E-state index contributed by atoms with van der Waals surface area (Å²) in [5.74, 6) is 0.326. The number of hydrogen-bond acceptors (Lipinski definition) is 2. The van der Waals surface area contributed by atoms with E-state index < -0.39 is 0 Å². The lowest BCUT2D eigenvalue weighted by molar-refractivity contribution is -0.125. The van der Waals surface area contributed by atoms with Crippen LogP contribution in [0.25, 0.3) is 0 Å². The molecule has 102 valence electrons. The van der Waals surface area contributed by atoms with Crippen LogP contribution in [0.3, 0.4) is 0 Å². The molecule has 1 amide bonds. The normalized spacial score (nSPS) is 19.6. The Bertz CT molecular complexity index is 513. The average molecular weight is 324 g/mol. The summed E-state index contributed by atoms with van der Waals surface area (Å²) in [6.07, 6.45) is 1.29. The molecular weight excluding hydrogens is 306 g/mol. The first-order valence-electron chi connectivity index (χ1n) is 6.61. The fourth-order valence-electron chi connectivity index (χ4n) is 2.44. The minimum atomic E-state index is 0.00478.